The molecule has 0 amide bonds. The van der Waals surface area contributed by atoms with Gasteiger partial charge in [-0.2, -0.15) is 10.4 Å². The molecule has 0 bridgehead atoms. The van der Waals surface area contributed by atoms with E-state index in [1.54, 1.807) is 23.1 Å². The highest BCUT2D eigenvalue weighted by Gasteiger charge is 2.10. The Morgan fingerprint density at radius 3 is 2.95 bits per heavy atom. The number of nitrogens with one attached hydrogen (secondary N) is 1. The molecule has 1 heterocycles. The van der Waals surface area contributed by atoms with Crippen LogP contribution in [0.2, 0.25) is 0 Å². The third-order valence-corrected chi connectivity index (χ3v) is 3.01. The molecular formula is C15H18FN5O. The van der Waals surface area contributed by atoms with Gasteiger partial charge in [0.05, 0.1) is 30.2 Å². The van der Waals surface area contributed by atoms with Crippen molar-refractivity contribution in [1.82, 2.24) is 14.7 Å². The maximum Gasteiger partial charge on any atom is 0.143 e. The van der Waals surface area contributed by atoms with Gasteiger partial charge in [-0.15, -0.1) is 0 Å². The van der Waals surface area contributed by atoms with Gasteiger partial charge in [-0.3, -0.25) is 4.68 Å². The highest BCUT2D eigenvalue weighted by molar-refractivity contribution is 5.65. The summed E-state index contributed by atoms with van der Waals surface area (Å²) >= 11 is 0. The second kappa shape index (κ2) is 7.02. The Morgan fingerprint density at radius 2 is 2.27 bits per heavy atom. The van der Waals surface area contributed by atoms with Crippen molar-refractivity contribution >= 4 is 11.4 Å². The van der Waals surface area contributed by atoms with Crippen molar-refractivity contribution in [2.24, 2.45) is 0 Å². The Balaban J connectivity index is 2.07. The zero-order chi connectivity index (χ0) is 16.1. The molecule has 2 N–H and O–H groups in total. The van der Waals surface area contributed by atoms with E-state index in [-0.39, 0.29) is 5.56 Å². The van der Waals surface area contributed by atoms with Crippen LogP contribution >= 0.6 is 0 Å². The Hall–Kier alpha value is -2.43. The monoisotopic (exact) mass is 303 g/mol. The van der Waals surface area contributed by atoms with E-state index in [2.05, 4.69) is 10.4 Å². The van der Waals surface area contributed by atoms with E-state index in [0.29, 0.717) is 24.5 Å². The molecule has 0 aliphatic rings. The third kappa shape index (κ3) is 4.04. The highest BCUT2D eigenvalue weighted by Crippen LogP contribution is 2.22. The van der Waals surface area contributed by atoms with Gasteiger partial charge in [0.1, 0.15) is 17.4 Å². The minimum atomic E-state index is -0.568. The minimum absolute atomic E-state index is 0.0390. The summed E-state index contributed by atoms with van der Waals surface area (Å²) in [4.78, 5) is 1.89. The Kier molecular flexibility index (Phi) is 5.09. The molecule has 1 aromatic heterocycles. The Bertz CT molecular complexity index is 677. The first kappa shape index (κ1) is 15.9. The average molecular weight is 303 g/mol. The van der Waals surface area contributed by atoms with Crippen molar-refractivity contribution in [3.05, 3.63) is 42.0 Å². The molecule has 1 atom stereocenters. The van der Waals surface area contributed by atoms with Crippen molar-refractivity contribution in [3.63, 3.8) is 0 Å². The lowest BCUT2D eigenvalue weighted by Gasteiger charge is -2.15. The number of benzene rings is 1. The quantitative estimate of drug-likeness (QED) is 0.847. The molecule has 2 rings (SSSR count). The van der Waals surface area contributed by atoms with Crippen molar-refractivity contribution in [1.29, 1.82) is 5.26 Å². The van der Waals surface area contributed by atoms with E-state index < -0.39 is 11.9 Å². The predicted molar refractivity (Wildman–Crippen MR) is 81.2 cm³/mol. The Morgan fingerprint density at radius 1 is 1.50 bits per heavy atom. The van der Waals surface area contributed by atoms with Crippen LogP contribution in [0.25, 0.3) is 0 Å². The maximum absolute atomic E-state index is 13.5. The molecule has 0 aliphatic carbocycles. The van der Waals surface area contributed by atoms with Crippen molar-refractivity contribution in [2.45, 2.75) is 12.6 Å². The summed E-state index contributed by atoms with van der Waals surface area (Å²) in [5.74, 6) is -0.568. The zero-order valence-corrected chi connectivity index (χ0v) is 12.5. The third-order valence-electron chi connectivity index (χ3n) is 3.01. The SMILES string of the molecule is CN(C)CC(O)Cn1cc(Nc2cccc(F)c2C#N)cn1. The van der Waals surface area contributed by atoms with Crippen LogP contribution in [0.1, 0.15) is 5.56 Å². The van der Waals surface area contributed by atoms with Gasteiger partial charge in [-0.05, 0) is 26.2 Å². The van der Waals surface area contributed by atoms with E-state index in [4.69, 9.17) is 5.26 Å². The van der Waals surface area contributed by atoms with Gasteiger partial charge in [0.2, 0.25) is 0 Å². The van der Waals surface area contributed by atoms with E-state index in [1.807, 2.05) is 25.1 Å². The van der Waals surface area contributed by atoms with Gasteiger partial charge < -0.3 is 15.3 Å². The molecule has 2 aromatic rings. The number of rotatable bonds is 6. The van der Waals surface area contributed by atoms with Gasteiger partial charge in [-0.1, -0.05) is 6.07 Å². The second-order valence-electron chi connectivity index (χ2n) is 5.27. The number of nitrogens with zero attached hydrogens (tertiary/aromatic N) is 4. The molecule has 116 valence electrons. The molecule has 0 fully saturated rings. The molecule has 1 aromatic carbocycles. The van der Waals surface area contributed by atoms with Gasteiger partial charge in [0.25, 0.3) is 0 Å². The fourth-order valence-corrected chi connectivity index (χ4v) is 2.12. The lowest BCUT2D eigenvalue weighted by Crippen LogP contribution is -2.29. The summed E-state index contributed by atoms with van der Waals surface area (Å²) in [7, 11) is 3.76. The molecule has 0 radical (unpaired) electrons. The highest BCUT2D eigenvalue weighted by atomic mass is 19.1. The number of aliphatic hydroxyl groups excluding tert-OH is 1. The van der Waals surface area contributed by atoms with Gasteiger partial charge in [-0.25, -0.2) is 4.39 Å². The predicted octanol–water partition coefficient (Wildman–Crippen LogP) is 1.56. The number of hydrogen-bond donors (Lipinski definition) is 2. The lowest BCUT2D eigenvalue weighted by atomic mass is 10.2. The summed E-state index contributed by atoms with van der Waals surface area (Å²) in [6.07, 6.45) is 2.73. The number of aromatic nitrogens is 2. The minimum Gasteiger partial charge on any atom is -0.390 e. The molecule has 1 unspecified atom stereocenters. The number of likely N-dealkylation sites (N-methyl/N-ethyl adjacent to an activating group) is 1. The summed E-state index contributed by atoms with van der Waals surface area (Å²) in [6.45, 7) is 0.888. The number of aliphatic hydroxyl groups is 1. The van der Waals surface area contributed by atoms with Crippen molar-refractivity contribution in [2.75, 3.05) is 26.0 Å². The van der Waals surface area contributed by atoms with Crippen LogP contribution in [0.5, 0.6) is 0 Å². The van der Waals surface area contributed by atoms with Crippen LogP contribution in [-0.2, 0) is 6.54 Å². The zero-order valence-electron chi connectivity index (χ0n) is 12.5. The first-order valence-electron chi connectivity index (χ1n) is 6.80. The summed E-state index contributed by atoms with van der Waals surface area (Å²) in [5.41, 5.74) is 0.970. The molecule has 0 aliphatic heterocycles. The van der Waals surface area contributed by atoms with E-state index in [0.717, 1.165) is 0 Å². The van der Waals surface area contributed by atoms with E-state index in [1.165, 1.54) is 12.1 Å². The topological polar surface area (TPSA) is 77.1 Å². The second-order valence-corrected chi connectivity index (χ2v) is 5.27. The van der Waals surface area contributed by atoms with Crippen LogP contribution in [0.3, 0.4) is 0 Å². The first-order chi connectivity index (χ1) is 10.5. The maximum atomic E-state index is 13.5. The summed E-state index contributed by atoms with van der Waals surface area (Å²) in [5, 5.41) is 26.0. The normalized spacial score (nSPS) is 12.2. The Labute approximate surface area is 128 Å². The van der Waals surface area contributed by atoms with E-state index in [9.17, 15) is 9.50 Å². The largest absolute Gasteiger partial charge is 0.390 e. The number of anilines is 2. The van der Waals surface area contributed by atoms with Crippen LogP contribution in [0.4, 0.5) is 15.8 Å². The smallest absolute Gasteiger partial charge is 0.143 e. The van der Waals surface area contributed by atoms with Gasteiger partial charge in [0, 0.05) is 12.7 Å². The average Bonchev–Trinajstić information content (AvgIpc) is 2.85. The molecule has 0 saturated heterocycles. The van der Waals surface area contributed by atoms with Crippen LogP contribution in [0, 0.1) is 17.1 Å². The molecule has 7 heteroatoms. The molecule has 6 nitrogen and oxygen atoms in total. The number of nitriles is 1. The van der Waals surface area contributed by atoms with E-state index >= 15 is 0 Å². The number of halogens is 1. The van der Waals surface area contributed by atoms with Crippen LogP contribution in [-0.4, -0.2) is 46.5 Å². The van der Waals surface area contributed by atoms with Crippen molar-refractivity contribution < 1.29 is 9.50 Å². The fraction of sp³-hybridized carbons (Fsp3) is 0.333. The van der Waals surface area contributed by atoms with Gasteiger partial charge in [0.15, 0.2) is 0 Å². The number of hydrogen-bond acceptors (Lipinski definition) is 5. The van der Waals surface area contributed by atoms with Crippen molar-refractivity contribution in [3.8, 4) is 6.07 Å². The lowest BCUT2D eigenvalue weighted by molar-refractivity contribution is 0.116. The van der Waals surface area contributed by atoms with Crippen LogP contribution < -0.4 is 5.32 Å². The summed E-state index contributed by atoms with van der Waals surface area (Å²) in [6, 6.07) is 6.23. The fourth-order valence-electron chi connectivity index (χ4n) is 2.12. The standard InChI is InChI=1S/C15H18FN5O/c1-20(2)9-12(22)10-21-8-11(7-18-21)19-15-5-3-4-14(16)13(15)6-17/h3-5,7-8,12,19,22H,9-10H2,1-2H3. The first-order valence-corrected chi connectivity index (χ1v) is 6.80. The molecule has 22 heavy (non-hydrogen) atoms. The summed E-state index contributed by atoms with van der Waals surface area (Å²) < 4.78 is 15.1. The molecular weight excluding hydrogens is 285 g/mol. The molecule has 0 saturated carbocycles. The van der Waals surface area contributed by atoms with Gasteiger partial charge >= 0.3 is 0 Å². The van der Waals surface area contributed by atoms with Crippen LogP contribution in [0.15, 0.2) is 30.6 Å². The molecule has 0 spiro atoms.